The van der Waals surface area contributed by atoms with Gasteiger partial charge >= 0.3 is 0 Å². The SMILES string of the molecule is CCC1(Cc2ccc(-c3ccccc3)cc2)CCCN1. The molecular formula is C19H23N. The monoisotopic (exact) mass is 265 g/mol. The second kappa shape index (κ2) is 5.80. The normalized spacial score (nSPS) is 22.1. The van der Waals surface area contributed by atoms with Gasteiger partial charge in [0.05, 0.1) is 0 Å². The molecule has 1 saturated heterocycles. The molecule has 1 heterocycles. The van der Waals surface area contributed by atoms with Crippen molar-refractivity contribution in [1.82, 2.24) is 5.32 Å². The lowest BCUT2D eigenvalue weighted by Gasteiger charge is -2.28. The Morgan fingerprint density at radius 1 is 0.950 bits per heavy atom. The van der Waals surface area contributed by atoms with E-state index in [2.05, 4.69) is 66.8 Å². The summed E-state index contributed by atoms with van der Waals surface area (Å²) >= 11 is 0. The number of benzene rings is 2. The molecule has 0 amide bonds. The number of hydrogen-bond donors (Lipinski definition) is 1. The summed E-state index contributed by atoms with van der Waals surface area (Å²) in [5.74, 6) is 0. The average molecular weight is 265 g/mol. The predicted octanol–water partition coefficient (Wildman–Crippen LogP) is 4.43. The van der Waals surface area contributed by atoms with E-state index in [1.807, 2.05) is 0 Å². The molecule has 0 aliphatic carbocycles. The van der Waals surface area contributed by atoms with Crippen LogP contribution in [0, 0.1) is 0 Å². The van der Waals surface area contributed by atoms with Crippen LogP contribution in [0.5, 0.6) is 0 Å². The molecule has 0 spiro atoms. The van der Waals surface area contributed by atoms with Gasteiger partial charge in [0, 0.05) is 5.54 Å². The topological polar surface area (TPSA) is 12.0 Å². The summed E-state index contributed by atoms with van der Waals surface area (Å²) in [5.41, 5.74) is 4.39. The lowest BCUT2D eigenvalue weighted by Crippen LogP contribution is -2.41. The molecule has 0 radical (unpaired) electrons. The van der Waals surface area contributed by atoms with Crippen molar-refractivity contribution in [2.75, 3.05) is 6.54 Å². The Bertz CT molecular complexity index is 536. The van der Waals surface area contributed by atoms with Crippen molar-refractivity contribution in [3.63, 3.8) is 0 Å². The van der Waals surface area contributed by atoms with Crippen molar-refractivity contribution in [3.05, 3.63) is 60.2 Å². The first-order valence-corrected chi connectivity index (χ1v) is 7.71. The van der Waals surface area contributed by atoms with Crippen LogP contribution in [0.1, 0.15) is 31.7 Å². The summed E-state index contributed by atoms with van der Waals surface area (Å²) in [5, 5.41) is 3.71. The van der Waals surface area contributed by atoms with E-state index in [1.165, 1.54) is 42.5 Å². The molecule has 2 aromatic carbocycles. The van der Waals surface area contributed by atoms with Crippen LogP contribution in [0.3, 0.4) is 0 Å². The minimum atomic E-state index is 0.342. The zero-order valence-corrected chi connectivity index (χ0v) is 12.2. The Labute approximate surface area is 122 Å². The number of rotatable bonds is 4. The Hall–Kier alpha value is -1.60. The third-order valence-corrected chi connectivity index (χ3v) is 4.61. The molecule has 1 N–H and O–H groups in total. The van der Waals surface area contributed by atoms with Gasteiger partial charge in [-0.25, -0.2) is 0 Å². The maximum absolute atomic E-state index is 3.71. The van der Waals surface area contributed by atoms with Crippen molar-refractivity contribution in [2.45, 2.75) is 38.1 Å². The molecule has 1 atom stereocenters. The van der Waals surface area contributed by atoms with Gasteiger partial charge < -0.3 is 5.32 Å². The largest absolute Gasteiger partial charge is 0.311 e. The molecule has 1 fully saturated rings. The Balaban J connectivity index is 1.76. The molecule has 1 nitrogen and oxygen atoms in total. The number of nitrogens with one attached hydrogen (secondary N) is 1. The van der Waals surface area contributed by atoms with Crippen molar-refractivity contribution in [1.29, 1.82) is 0 Å². The summed E-state index contributed by atoms with van der Waals surface area (Å²) in [7, 11) is 0. The average Bonchev–Trinajstić information content (AvgIpc) is 2.98. The Morgan fingerprint density at radius 2 is 1.65 bits per heavy atom. The van der Waals surface area contributed by atoms with Gasteiger partial charge in [-0.3, -0.25) is 0 Å². The molecule has 2 aromatic rings. The van der Waals surface area contributed by atoms with E-state index in [-0.39, 0.29) is 0 Å². The predicted molar refractivity (Wildman–Crippen MR) is 85.8 cm³/mol. The van der Waals surface area contributed by atoms with E-state index in [0.717, 1.165) is 6.42 Å². The maximum atomic E-state index is 3.71. The van der Waals surface area contributed by atoms with E-state index in [9.17, 15) is 0 Å². The Kier molecular flexibility index (Phi) is 3.88. The van der Waals surface area contributed by atoms with Crippen molar-refractivity contribution in [2.24, 2.45) is 0 Å². The van der Waals surface area contributed by atoms with Gasteiger partial charge in [0.1, 0.15) is 0 Å². The van der Waals surface area contributed by atoms with Crippen molar-refractivity contribution >= 4 is 0 Å². The third kappa shape index (κ3) is 2.78. The van der Waals surface area contributed by atoms with Gasteiger partial charge in [0.2, 0.25) is 0 Å². The summed E-state index contributed by atoms with van der Waals surface area (Å²) in [6.45, 7) is 3.48. The minimum absolute atomic E-state index is 0.342. The van der Waals surface area contributed by atoms with Crippen LogP contribution in [0.15, 0.2) is 54.6 Å². The summed E-state index contributed by atoms with van der Waals surface area (Å²) in [4.78, 5) is 0. The lowest BCUT2D eigenvalue weighted by atomic mass is 9.86. The summed E-state index contributed by atoms with van der Waals surface area (Å²) in [6.07, 6.45) is 4.99. The van der Waals surface area contributed by atoms with E-state index in [4.69, 9.17) is 0 Å². The van der Waals surface area contributed by atoms with Gasteiger partial charge in [0.15, 0.2) is 0 Å². The highest BCUT2D eigenvalue weighted by Gasteiger charge is 2.31. The van der Waals surface area contributed by atoms with Crippen LogP contribution in [0.2, 0.25) is 0 Å². The molecular weight excluding hydrogens is 242 g/mol. The van der Waals surface area contributed by atoms with Crippen LogP contribution < -0.4 is 5.32 Å². The molecule has 3 rings (SSSR count). The summed E-state index contributed by atoms with van der Waals surface area (Å²) in [6, 6.07) is 19.7. The first-order valence-electron chi connectivity index (χ1n) is 7.71. The molecule has 0 bridgehead atoms. The molecule has 0 saturated carbocycles. The number of hydrogen-bond acceptors (Lipinski definition) is 1. The molecule has 20 heavy (non-hydrogen) atoms. The lowest BCUT2D eigenvalue weighted by molar-refractivity contribution is 0.360. The zero-order valence-electron chi connectivity index (χ0n) is 12.2. The maximum Gasteiger partial charge on any atom is 0.0219 e. The minimum Gasteiger partial charge on any atom is -0.311 e. The Morgan fingerprint density at radius 3 is 2.25 bits per heavy atom. The second-order valence-electron chi connectivity index (χ2n) is 5.90. The molecule has 1 unspecified atom stereocenters. The van der Waals surface area contributed by atoms with Crippen molar-refractivity contribution in [3.8, 4) is 11.1 Å². The smallest absolute Gasteiger partial charge is 0.0219 e. The standard InChI is InChI=1S/C19H23N/c1-2-19(13-6-14-20-19)15-16-9-11-18(12-10-16)17-7-4-3-5-8-17/h3-5,7-12,20H,2,6,13-15H2,1H3. The third-order valence-electron chi connectivity index (χ3n) is 4.61. The molecule has 1 aliphatic rings. The van der Waals surface area contributed by atoms with Gasteiger partial charge in [-0.1, -0.05) is 61.5 Å². The van der Waals surface area contributed by atoms with Crippen LogP contribution in [-0.4, -0.2) is 12.1 Å². The highest BCUT2D eigenvalue weighted by atomic mass is 15.0. The quantitative estimate of drug-likeness (QED) is 0.862. The van der Waals surface area contributed by atoms with Gasteiger partial charge in [-0.05, 0) is 48.9 Å². The van der Waals surface area contributed by atoms with E-state index < -0.39 is 0 Å². The fraction of sp³-hybridized carbons (Fsp3) is 0.368. The van der Waals surface area contributed by atoms with Gasteiger partial charge in [-0.2, -0.15) is 0 Å². The molecule has 104 valence electrons. The second-order valence-corrected chi connectivity index (χ2v) is 5.90. The fourth-order valence-electron chi connectivity index (χ4n) is 3.28. The van der Waals surface area contributed by atoms with Crippen LogP contribution >= 0.6 is 0 Å². The first-order chi connectivity index (χ1) is 9.81. The van der Waals surface area contributed by atoms with Crippen LogP contribution in [0.4, 0.5) is 0 Å². The van der Waals surface area contributed by atoms with E-state index in [1.54, 1.807) is 0 Å². The highest BCUT2D eigenvalue weighted by Crippen LogP contribution is 2.28. The van der Waals surface area contributed by atoms with E-state index in [0.29, 0.717) is 5.54 Å². The molecule has 0 aromatic heterocycles. The zero-order chi connectivity index (χ0) is 13.8. The van der Waals surface area contributed by atoms with Crippen molar-refractivity contribution < 1.29 is 0 Å². The van der Waals surface area contributed by atoms with Crippen LogP contribution in [0.25, 0.3) is 11.1 Å². The van der Waals surface area contributed by atoms with E-state index >= 15 is 0 Å². The molecule has 1 aliphatic heterocycles. The first kappa shape index (κ1) is 13.4. The van der Waals surface area contributed by atoms with Crippen LogP contribution in [-0.2, 0) is 6.42 Å². The van der Waals surface area contributed by atoms with Gasteiger partial charge in [-0.15, -0.1) is 0 Å². The fourth-order valence-corrected chi connectivity index (χ4v) is 3.28. The molecule has 1 heteroatoms. The highest BCUT2D eigenvalue weighted by molar-refractivity contribution is 5.63. The van der Waals surface area contributed by atoms with Gasteiger partial charge in [0.25, 0.3) is 0 Å². The summed E-state index contributed by atoms with van der Waals surface area (Å²) < 4.78 is 0.